The lowest BCUT2D eigenvalue weighted by Crippen LogP contribution is -1.94. The minimum atomic E-state index is -0.747. The molecule has 0 aliphatic heterocycles. The molecule has 0 saturated heterocycles. The molecule has 0 spiro atoms. The zero-order chi connectivity index (χ0) is 13.3. The van der Waals surface area contributed by atoms with E-state index in [4.69, 9.17) is 4.42 Å². The summed E-state index contributed by atoms with van der Waals surface area (Å²) in [6.45, 7) is 5.46. The van der Waals surface area contributed by atoms with Crippen molar-refractivity contribution >= 4 is 0 Å². The lowest BCUT2D eigenvalue weighted by Gasteiger charge is -2.08. The molecule has 1 unspecified atom stereocenters. The van der Waals surface area contributed by atoms with E-state index in [1.54, 1.807) is 19.1 Å². The normalized spacial score (nSPS) is 13.0. The highest BCUT2D eigenvalue weighted by molar-refractivity contribution is 5.59. The highest BCUT2D eigenvalue weighted by Crippen LogP contribution is 2.26. The Morgan fingerprint density at radius 2 is 2.00 bits per heavy atom. The molecule has 0 fully saturated rings. The number of rotatable bonds is 3. The van der Waals surface area contributed by atoms with Gasteiger partial charge in [0, 0.05) is 5.56 Å². The van der Waals surface area contributed by atoms with Gasteiger partial charge >= 0.3 is 0 Å². The van der Waals surface area contributed by atoms with Crippen LogP contribution in [0.3, 0.4) is 0 Å². The minimum absolute atomic E-state index is 0.105. The Morgan fingerprint density at radius 3 is 2.56 bits per heavy atom. The number of benzene rings is 1. The van der Waals surface area contributed by atoms with Crippen LogP contribution in [0.15, 0.2) is 28.9 Å². The summed E-state index contributed by atoms with van der Waals surface area (Å²) in [4.78, 5) is 4.17. The molecule has 96 valence electrons. The van der Waals surface area contributed by atoms with Gasteiger partial charge in [-0.15, -0.1) is 0 Å². The Balaban J connectivity index is 2.41. The Kier molecular flexibility index (Phi) is 3.48. The molecule has 1 aromatic heterocycles. The summed E-state index contributed by atoms with van der Waals surface area (Å²) in [6, 6.07) is 4.86. The van der Waals surface area contributed by atoms with Gasteiger partial charge in [0.05, 0.1) is 0 Å². The maximum Gasteiger partial charge on any atom is 0.223 e. The first-order valence-corrected chi connectivity index (χ1v) is 5.92. The average molecular weight is 249 g/mol. The number of halogens is 1. The van der Waals surface area contributed by atoms with Crippen LogP contribution in [0.2, 0.25) is 0 Å². The van der Waals surface area contributed by atoms with Gasteiger partial charge in [-0.1, -0.05) is 13.8 Å². The molecule has 1 aromatic carbocycles. The number of hydrogen-bond acceptors (Lipinski definition) is 3. The highest BCUT2D eigenvalue weighted by atomic mass is 19.1. The summed E-state index contributed by atoms with van der Waals surface area (Å²) in [6.07, 6.45) is 0.725. The van der Waals surface area contributed by atoms with Crippen LogP contribution >= 0.6 is 0 Å². The largest absolute Gasteiger partial charge is 0.446 e. The SMILES string of the molecule is CC(C)c1cc(-c2coc(C(C)O)n2)ccc1F. The van der Waals surface area contributed by atoms with Crippen molar-refractivity contribution in [3.05, 3.63) is 41.7 Å². The average Bonchev–Trinajstić information content (AvgIpc) is 2.78. The van der Waals surface area contributed by atoms with E-state index in [-0.39, 0.29) is 17.6 Å². The second kappa shape index (κ2) is 4.90. The molecule has 1 heterocycles. The molecule has 18 heavy (non-hydrogen) atoms. The molecule has 2 rings (SSSR count). The van der Waals surface area contributed by atoms with E-state index in [9.17, 15) is 9.50 Å². The van der Waals surface area contributed by atoms with Crippen LogP contribution in [0.4, 0.5) is 4.39 Å². The third-order valence-corrected chi connectivity index (χ3v) is 2.79. The standard InChI is InChI=1S/C14H16FNO2/c1-8(2)11-6-10(4-5-12(11)15)13-7-18-14(16-13)9(3)17/h4-9,17H,1-3H3. The second-order valence-corrected chi connectivity index (χ2v) is 4.64. The number of oxazole rings is 1. The molecule has 0 saturated carbocycles. The number of hydrogen-bond donors (Lipinski definition) is 1. The van der Waals surface area contributed by atoms with Crippen LogP contribution in [0.1, 0.15) is 44.2 Å². The number of nitrogens with zero attached hydrogens (tertiary/aromatic N) is 1. The first kappa shape index (κ1) is 12.8. The maximum absolute atomic E-state index is 13.6. The van der Waals surface area contributed by atoms with E-state index in [0.29, 0.717) is 11.3 Å². The quantitative estimate of drug-likeness (QED) is 0.903. The number of aromatic nitrogens is 1. The van der Waals surface area contributed by atoms with E-state index in [0.717, 1.165) is 5.56 Å². The lowest BCUT2D eigenvalue weighted by atomic mass is 9.99. The smallest absolute Gasteiger partial charge is 0.223 e. The summed E-state index contributed by atoms with van der Waals surface area (Å²) in [7, 11) is 0. The molecule has 4 heteroatoms. The molecule has 1 N–H and O–H groups in total. The van der Waals surface area contributed by atoms with Crippen molar-refractivity contribution < 1.29 is 13.9 Å². The van der Waals surface area contributed by atoms with Gasteiger partial charge in [0.15, 0.2) is 0 Å². The lowest BCUT2D eigenvalue weighted by molar-refractivity contribution is 0.163. The van der Waals surface area contributed by atoms with Gasteiger partial charge in [0.2, 0.25) is 5.89 Å². The molecular weight excluding hydrogens is 233 g/mol. The molecule has 0 radical (unpaired) electrons. The van der Waals surface area contributed by atoms with Gasteiger partial charge in [-0.3, -0.25) is 0 Å². The first-order valence-electron chi connectivity index (χ1n) is 5.92. The van der Waals surface area contributed by atoms with Crippen molar-refractivity contribution in [1.82, 2.24) is 4.98 Å². The molecule has 2 aromatic rings. The fourth-order valence-electron chi connectivity index (χ4n) is 1.76. The Morgan fingerprint density at radius 1 is 1.28 bits per heavy atom. The zero-order valence-corrected chi connectivity index (χ0v) is 10.6. The van der Waals surface area contributed by atoms with Crippen molar-refractivity contribution in [1.29, 1.82) is 0 Å². The predicted molar refractivity (Wildman–Crippen MR) is 66.6 cm³/mol. The molecule has 0 aliphatic rings. The minimum Gasteiger partial charge on any atom is -0.446 e. The van der Waals surface area contributed by atoms with Crippen LogP contribution in [0.5, 0.6) is 0 Å². The van der Waals surface area contributed by atoms with E-state index >= 15 is 0 Å². The number of aliphatic hydroxyl groups excluding tert-OH is 1. The third kappa shape index (κ3) is 2.43. The van der Waals surface area contributed by atoms with Gasteiger partial charge in [-0.25, -0.2) is 9.37 Å². The van der Waals surface area contributed by atoms with Crippen LogP contribution in [-0.4, -0.2) is 10.1 Å². The van der Waals surface area contributed by atoms with Crippen LogP contribution in [0, 0.1) is 5.82 Å². The zero-order valence-electron chi connectivity index (χ0n) is 10.6. The van der Waals surface area contributed by atoms with Gasteiger partial charge in [0.25, 0.3) is 0 Å². The van der Waals surface area contributed by atoms with Crippen molar-refractivity contribution in [2.75, 3.05) is 0 Å². The fourth-order valence-corrected chi connectivity index (χ4v) is 1.76. The molecular formula is C14H16FNO2. The monoisotopic (exact) mass is 249 g/mol. The van der Waals surface area contributed by atoms with E-state index in [1.165, 1.54) is 12.3 Å². The first-order chi connectivity index (χ1) is 8.49. The van der Waals surface area contributed by atoms with Crippen molar-refractivity contribution in [3.63, 3.8) is 0 Å². The van der Waals surface area contributed by atoms with E-state index in [2.05, 4.69) is 4.98 Å². The van der Waals surface area contributed by atoms with E-state index in [1.807, 2.05) is 13.8 Å². The molecule has 0 bridgehead atoms. The Labute approximate surface area is 105 Å². The predicted octanol–water partition coefficient (Wildman–Crippen LogP) is 3.66. The topological polar surface area (TPSA) is 46.3 Å². The molecule has 0 aliphatic carbocycles. The van der Waals surface area contributed by atoms with Crippen molar-refractivity contribution in [3.8, 4) is 11.3 Å². The van der Waals surface area contributed by atoms with Gasteiger partial charge in [0.1, 0.15) is 23.9 Å². The van der Waals surface area contributed by atoms with Crippen molar-refractivity contribution in [2.45, 2.75) is 32.8 Å². The summed E-state index contributed by atoms with van der Waals surface area (Å²) in [5.41, 5.74) is 2.04. The highest BCUT2D eigenvalue weighted by Gasteiger charge is 2.13. The molecule has 1 atom stereocenters. The molecule has 0 amide bonds. The van der Waals surface area contributed by atoms with Crippen molar-refractivity contribution in [2.24, 2.45) is 0 Å². The number of aliphatic hydroxyl groups is 1. The third-order valence-electron chi connectivity index (χ3n) is 2.79. The summed E-state index contributed by atoms with van der Waals surface area (Å²) in [5, 5.41) is 9.35. The molecule has 3 nitrogen and oxygen atoms in total. The maximum atomic E-state index is 13.6. The van der Waals surface area contributed by atoms with Gasteiger partial charge < -0.3 is 9.52 Å². The van der Waals surface area contributed by atoms with Crippen LogP contribution in [-0.2, 0) is 0 Å². The van der Waals surface area contributed by atoms with Crippen LogP contribution < -0.4 is 0 Å². The Bertz CT molecular complexity index is 546. The second-order valence-electron chi connectivity index (χ2n) is 4.64. The Hall–Kier alpha value is -1.68. The van der Waals surface area contributed by atoms with Crippen LogP contribution in [0.25, 0.3) is 11.3 Å². The van der Waals surface area contributed by atoms with Gasteiger partial charge in [-0.2, -0.15) is 0 Å². The van der Waals surface area contributed by atoms with E-state index < -0.39 is 6.10 Å². The summed E-state index contributed by atoms with van der Waals surface area (Å²) >= 11 is 0. The van der Waals surface area contributed by atoms with Gasteiger partial charge in [-0.05, 0) is 36.6 Å². The summed E-state index contributed by atoms with van der Waals surface area (Å²) in [5.74, 6) is 0.154. The summed E-state index contributed by atoms with van der Waals surface area (Å²) < 4.78 is 18.7. The fraction of sp³-hybridized carbons (Fsp3) is 0.357.